The highest BCUT2D eigenvalue weighted by molar-refractivity contribution is 7.09. The fourth-order valence-corrected chi connectivity index (χ4v) is 2.35. The zero-order valence-corrected chi connectivity index (χ0v) is 11.3. The predicted octanol–water partition coefficient (Wildman–Crippen LogP) is 2.54. The Morgan fingerprint density at radius 1 is 1.53 bits per heavy atom. The Labute approximate surface area is 114 Å². The molecule has 19 heavy (non-hydrogen) atoms. The number of carbonyl (C=O) groups excluding carboxylic acids is 1. The van der Waals surface area contributed by atoms with Crippen LogP contribution in [0, 0.1) is 5.82 Å². The molecule has 2 aromatic rings. The number of aromatic nitrogens is 1. The number of hydrogen-bond donors (Lipinski definition) is 1. The van der Waals surface area contributed by atoms with E-state index in [-0.39, 0.29) is 23.1 Å². The summed E-state index contributed by atoms with van der Waals surface area (Å²) >= 11 is 1.31. The van der Waals surface area contributed by atoms with Crippen LogP contribution < -0.4 is 10.5 Å². The summed E-state index contributed by atoms with van der Waals surface area (Å²) < 4.78 is 18.3. The van der Waals surface area contributed by atoms with Crippen molar-refractivity contribution >= 4 is 17.1 Å². The minimum atomic E-state index is -0.494. The summed E-state index contributed by atoms with van der Waals surface area (Å²) in [6.45, 7) is 1.79. The van der Waals surface area contributed by atoms with Gasteiger partial charge in [-0.05, 0) is 25.1 Å². The van der Waals surface area contributed by atoms with E-state index in [0.29, 0.717) is 10.8 Å². The highest BCUT2D eigenvalue weighted by atomic mass is 32.1. The van der Waals surface area contributed by atoms with Gasteiger partial charge in [-0.3, -0.25) is 4.79 Å². The molecule has 0 saturated carbocycles. The maximum atomic E-state index is 13.2. The molecule has 0 amide bonds. The molecule has 0 saturated heterocycles. The zero-order chi connectivity index (χ0) is 14.0. The lowest BCUT2D eigenvalue weighted by Crippen LogP contribution is -2.08. The van der Waals surface area contributed by atoms with Crippen LogP contribution in [0.25, 0.3) is 0 Å². The first-order valence-electron chi connectivity index (χ1n) is 5.62. The molecule has 0 fully saturated rings. The number of ether oxygens (including phenoxy) is 1. The van der Waals surface area contributed by atoms with Gasteiger partial charge in [0.25, 0.3) is 0 Å². The number of hydrogen-bond acceptors (Lipinski definition) is 5. The molecular formula is C13H13FN2O2S. The van der Waals surface area contributed by atoms with Crippen LogP contribution in [0.3, 0.4) is 0 Å². The summed E-state index contributed by atoms with van der Waals surface area (Å²) in [6.07, 6.45) is 0. The van der Waals surface area contributed by atoms with Crippen molar-refractivity contribution in [1.29, 1.82) is 0 Å². The number of carbonyl (C=O) groups is 1. The largest absolute Gasteiger partial charge is 0.496 e. The first-order chi connectivity index (χ1) is 9.02. The molecule has 0 aliphatic heterocycles. The number of nitrogens with two attached hydrogens (primary N) is 1. The van der Waals surface area contributed by atoms with E-state index in [2.05, 4.69) is 4.98 Å². The maximum Gasteiger partial charge on any atom is 0.216 e. The van der Waals surface area contributed by atoms with Crippen LogP contribution in [-0.4, -0.2) is 17.9 Å². The van der Waals surface area contributed by atoms with Gasteiger partial charge in [-0.15, -0.1) is 11.3 Å². The quantitative estimate of drug-likeness (QED) is 0.874. The van der Waals surface area contributed by atoms with E-state index in [1.807, 2.05) is 0 Å². The first-order valence-corrected chi connectivity index (χ1v) is 6.50. The molecule has 0 spiro atoms. The zero-order valence-electron chi connectivity index (χ0n) is 10.5. The smallest absolute Gasteiger partial charge is 0.216 e. The molecule has 0 bridgehead atoms. The molecule has 6 heteroatoms. The number of methoxy groups -OCH3 is 1. The Kier molecular flexibility index (Phi) is 3.92. The van der Waals surface area contributed by atoms with Crippen molar-refractivity contribution in [3.8, 4) is 5.75 Å². The Morgan fingerprint density at radius 3 is 2.84 bits per heavy atom. The molecule has 1 atom stereocenters. The van der Waals surface area contributed by atoms with Crippen molar-refractivity contribution in [3.05, 3.63) is 45.7 Å². The summed E-state index contributed by atoms with van der Waals surface area (Å²) in [5.74, 6) is -0.548. The SMILES string of the molecule is COc1ccc(F)cc1C(=O)c1csc(C(C)N)n1. The number of thiazole rings is 1. The third-order valence-electron chi connectivity index (χ3n) is 2.55. The average molecular weight is 280 g/mol. The summed E-state index contributed by atoms with van der Waals surface area (Å²) in [4.78, 5) is 16.4. The fourth-order valence-electron chi connectivity index (χ4n) is 1.60. The van der Waals surface area contributed by atoms with Crippen LogP contribution in [0.15, 0.2) is 23.6 Å². The van der Waals surface area contributed by atoms with Crippen molar-refractivity contribution < 1.29 is 13.9 Å². The van der Waals surface area contributed by atoms with Crippen LogP contribution in [0.4, 0.5) is 4.39 Å². The van der Waals surface area contributed by atoms with Crippen molar-refractivity contribution in [1.82, 2.24) is 4.98 Å². The molecule has 1 unspecified atom stereocenters. The molecule has 2 rings (SSSR count). The molecule has 1 aromatic carbocycles. The van der Waals surface area contributed by atoms with E-state index >= 15 is 0 Å². The van der Waals surface area contributed by atoms with Crippen molar-refractivity contribution in [2.24, 2.45) is 5.73 Å². The molecule has 0 radical (unpaired) electrons. The standard InChI is InChI=1S/C13H13FN2O2S/c1-7(15)13-16-10(6-19-13)12(17)9-5-8(14)3-4-11(9)18-2/h3-7H,15H2,1-2H3. The molecular weight excluding hydrogens is 267 g/mol. The molecule has 0 aliphatic carbocycles. The summed E-state index contributed by atoms with van der Waals surface area (Å²) in [6, 6.07) is 3.57. The maximum absolute atomic E-state index is 13.2. The van der Waals surface area contributed by atoms with E-state index in [9.17, 15) is 9.18 Å². The van der Waals surface area contributed by atoms with Gasteiger partial charge in [0.1, 0.15) is 22.3 Å². The summed E-state index contributed by atoms with van der Waals surface area (Å²) in [7, 11) is 1.43. The second-order valence-electron chi connectivity index (χ2n) is 4.03. The third-order valence-corrected chi connectivity index (χ3v) is 3.60. The van der Waals surface area contributed by atoms with Gasteiger partial charge in [-0.1, -0.05) is 0 Å². The highest BCUT2D eigenvalue weighted by Gasteiger charge is 2.19. The van der Waals surface area contributed by atoms with Gasteiger partial charge in [0.2, 0.25) is 5.78 Å². The predicted molar refractivity (Wildman–Crippen MR) is 71.1 cm³/mol. The lowest BCUT2D eigenvalue weighted by molar-refractivity contribution is 0.103. The van der Waals surface area contributed by atoms with Gasteiger partial charge in [0, 0.05) is 5.38 Å². The number of ketones is 1. The van der Waals surface area contributed by atoms with Gasteiger partial charge in [-0.2, -0.15) is 0 Å². The molecule has 100 valence electrons. The Morgan fingerprint density at radius 2 is 2.26 bits per heavy atom. The summed E-state index contributed by atoms with van der Waals surface area (Å²) in [5, 5.41) is 2.28. The minimum Gasteiger partial charge on any atom is -0.496 e. The van der Waals surface area contributed by atoms with E-state index < -0.39 is 5.82 Å². The first kappa shape index (κ1) is 13.6. The molecule has 1 aromatic heterocycles. The number of nitrogens with zero attached hydrogens (tertiary/aromatic N) is 1. The number of halogens is 1. The highest BCUT2D eigenvalue weighted by Crippen LogP contribution is 2.24. The third kappa shape index (κ3) is 2.80. The lowest BCUT2D eigenvalue weighted by atomic mass is 10.1. The number of rotatable bonds is 4. The molecule has 0 aliphatic rings. The Bertz CT molecular complexity index is 610. The van der Waals surface area contributed by atoms with Crippen LogP contribution in [0.2, 0.25) is 0 Å². The Balaban J connectivity index is 2.40. The van der Waals surface area contributed by atoms with E-state index in [4.69, 9.17) is 10.5 Å². The topological polar surface area (TPSA) is 65.2 Å². The fraction of sp³-hybridized carbons (Fsp3) is 0.231. The second kappa shape index (κ2) is 5.46. The van der Waals surface area contributed by atoms with Gasteiger partial charge in [-0.25, -0.2) is 9.37 Å². The monoisotopic (exact) mass is 280 g/mol. The van der Waals surface area contributed by atoms with Gasteiger partial charge in [0.15, 0.2) is 0 Å². The van der Waals surface area contributed by atoms with Crippen LogP contribution in [-0.2, 0) is 0 Å². The van der Waals surface area contributed by atoms with Gasteiger partial charge < -0.3 is 10.5 Å². The number of benzene rings is 1. The van der Waals surface area contributed by atoms with E-state index in [0.717, 1.165) is 6.07 Å². The van der Waals surface area contributed by atoms with Crippen LogP contribution >= 0.6 is 11.3 Å². The van der Waals surface area contributed by atoms with Crippen molar-refractivity contribution in [2.75, 3.05) is 7.11 Å². The van der Waals surface area contributed by atoms with Gasteiger partial charge in [0.05, 0.1) is 18.7 Å². The second-order valence-corrected chi connectivity index (χ2v) is 4.92. The van der Waals surface area contributed by atoms with Crippen LogP contribution in [0.5, 0.6) is 5.75 Å². The molecule has 2 N–H and O–H groups in total. The average Bonchev–Trinajstić information content (AvgIpc) is 2.87. The van der Waals surface area contributed by atoms with Crippen LogP contribution in [0.1, 0.15) is 34.0 Å². The molecule has 1 heterocycles. The summed E-state index contributed by atoms with van der Waals surface area (Å²) in [5.41, 5.74) is 6.11. The van der Waals surface area contributed by atoms with E-state index in [1.165, 1.54) is 30.6 Å². The normalized spacial score (nSPS) is 12.2. The van der Waals surface area contributed by atoms with Crippen molar-refractivity contribution in [2.45, 2.75) is 13.0 Å². The van der Waals surface area contributed by atoms with Crippen molar-refractivity contribution in [3.63, 3.8) is 0 Å². The van der Waals surface area contributed by atoms with Gasteiger partial charge >= 0.3 is 0 Å². The lowest BCUT2D eigenvalue weighted by Gasteiger charge is -2.06. The minimum absolute atomic E-state index is 0.157. The van der Waals surface area contributed by atoms with E-state index in [1.54, 1.807) is 12.3 Å². The molecule has 4 nitrogen and oxygen atoms in total. The Hall–Kier alpha value is -1.79.